The van der Waals surface area contributed by atoms with Gasteiger partial charge in [-0.2, -0.15) is 26.3 Å². The third-order valence-corrected chi connectivity index (χ3v) is 6.73. The summed E-state index contributed by atoms with van der Waals surface area (Å²) in [5.41, 5.74) is -2.07. The van der Waals surface area contributed by atoms with Crippen molar-refractivity contribution in [3.8, 4) is 11.1 Å². The average molecular weight is 530 g/mol. The van der Waals surface area contributed by atoms with Gasteiger partial charge < -0.3 is 4.74 Å². The van der Waals surface area contributed by atoms with Crippen LogP contribution in [0.1, 0.15) is 23.1 Å². The van der Waals surface area contributed by atoms with Gasteiger partial charge in [0.1, 0.15) is 0 Å². The minimum atomic E-state index is -4.97. The van der Waals surface area contributed by atoms with Crippen molar-refractivity contribution in [1.29, 1.82) is 0 Å². The Bertz CT molecular complexity index is 1170. The third kappa shape index (κ3) is 6.11. The summed E-state index contributed by atoms with van der Waals surface area (Å²) in [6, 6.07) is 7.34. The highest BCUT2D eigenvalue weighted by molar-refractivity contribution is 8.18. The van der Waals surface area contributed by atoms with Crippen molar-refractivity contribution >= 4 is 28.5 Å². The number of alkyl halides is 6. The molecule has 36 heavy (non-hydrogen) atoms. The number of ether oxygens (including phenoxy) is 1. The van der Waals surface area contributed by atoms with E-state index in [4.69, 9.17) is 4.74 Å². The van der Waals surface area contributed by atoms with Crippen LogP contribution < -0.4 is 5.32 Å². The molecule has 0 atom stereocenters. The largest absolute Gasteiger partial charge is 0.416 e. The quantitative estimate of drug-likeness (QED) is 0.391. The second-order valence-corrected chi connectivity index (χ2v) is 9.21. The van der Waals surface area contributed by atoms with Crippen molar-refractivity contribution < 1.29 is 40.7 Å². The summed E-state index contributed by atoms with van der Waals surface area (Å²) in [6.45, 7) is 2.96. The molecule has 0 aromatic heterocycles. The maximum atomic E-state index is 13.4. The van der Waals surface area contributed by atoms with Gasteiger partial charge in [0.05, 0.1) is 29.2 Å². The summed E-state index contributed by atoms with van der Waals surface area (Å²) >= 11 is 0.716. The molecule has 0 spiro atoms. The van der Waals surface area contributed by atoms with Gasteiger partial charge in [-0.1, -0.05) is 18.2 Å². The molecule has 2 heterocycles. The first kappa shape index (κ1) is 26.2. The van der Waals surface area contributed by atoms with Crippen molar-refractivity contribution in [2.24, 2.45) is 0 Å². The Morgan fingerprint density at radius 2 is 1.56 bits per heavy atom. The van der Waals surface area contributed by atoms with Crippen LogP contribution in [0.25, 0.3) is 16.7 Å². The number of nitrogens with one attached hydrogen (secondary N) is 1. The molecule has 0 saturated carbocycles. The molecule has 2 aromatic carbocycles. The van der Waals surface area contributed by atoms with Gasteiger partial charge in [-0.3, -0.25) is 19.8 Å². The predicted octanol–water partition coefficient (Wildman–Crippen LogP) is 5.81. The van der Waals surface area contributed by atoms with Gasteiger partial charge in [-0.15, -0.1) is 0 Å². The molecule has 2 aromatic rings. The summed E-state index contributed by atoms with van der Waals surface area (Å²) in [6.07, 6.45) is -9.61. The van der Waals surface area contributed by atoms with E-state index in [2.05, 4.69) is 10.2 Å². The molecular weight excluding hydrogens is 510 g/mol. The lowest BCUT2D eigenvalue weighted by molar-refractivity contribution is -0.143. The Labute approximate surface area is 206 Å². The Morgan fingerprint density at radius 1 is 0.917 bits per heavy atom. The fraction of sp³-hybridized carbons (Fsp3) is 0.333. The molecule has 4 rings (SSSR count). The van der Waals surface area contributed by atoms with Crippen molar-refractivity contribution in [3.05, 3.63) is 64.1 Å². The van der Waals surface area contributed by atoms with Gasteiger partial charge in [-0.05, 0) is 64.7 Å². The van der Waals surface area contributed by atoms with E-state index in [-0.39, 0.29) is 22.1 Å². The predicted molar refractivity (Wildman–Crippen MR) is 122 cm³/mol. The SMILES string of the molecule is O=C1NC(=O)/C(=C(\CCN2CCOCC2)c2cccc(-c3cc(C(F)(F)F)cc(C(F)(F)F)c3)c2)S1. The zero-order valence-electron chi connectivity index (χ0n) is 18.6. The van der Waals surface area contributed by atoms with Crippen LogP contribution in [0.4, 0.5) is 31.1 Å². The third-order valence-electron chi connectivity index (χ3n) is 5.80. The summed E-state index contributed by atoms with van der Waals surface area (Å²) in [7, 11) is 0. The molecule has 12 heteroatoms. The fourth-order valence-electron chi connectivity index (χ4n) is 4.00. The van der Waals surface area contributed by atoms with Crippen LogP contribution in [0.2, 0.25) is 0 Å². The number of nitrogens with zero attached hydrogens (tertiary/aromatic N) is 1. The van der Waals surface area contributed by atoms with Gasteiger partial charge in [0.2, 0.25) is 0 Å². The molecule has 2 fully saturated rings. The Morgan fingerprint density at radius 3 is 2.11 bits per heavy atom. The lowest BCUT2D eigenvalue weighted by Crippen LogP contribution is -2.37. The summed E-state index contributed by atoms with van der Waals surface area (Å²) in [5, 5.41) is 1.64. The number of carbonyl (C=O) groups is 2. The van der Waals surface area contributed by atoms with E-state index in [1.807, 2.05) is 0 Å². The van der Waals surface area contributed by atoms with Crippen LogP contribution in [0.3, 0.4) is 0 Å². The number of morpholine rings is 1. The van der Waals surface area contributed by atoms with Crippen molar-refractivity contribution in [3.63, 3.8) is 0 Å². The molecule has 2 aliphatic heterocycles. The first-order chi connectivity index (χ1) is 16.9. The van der Waals surface area contributed by atoms with Crippen molar-refractivity contribution in [1.82, 2.24) is 10.2 Å². The molecule has 5 nitrogen and oxygen atoms in total. The van der Waals surface area contributed by atoms with Crippen LogP contribution in [0, 0.1) is 0 Å². The van der Waals surface area contributed by atoms with E-state index >= 15 is 0 Å². The summed E-state index contributed by atoms with van der Waals surface area (Å²) in [5.74, 6) is -0.592. The normalized spacial score (nSPS) is 18.9. The Kier molecular flexibility index (Phi) is 7.48. The topological polar surface area (TPSA) is 58.6 Å². The van der Waals surface area contributed by atoms with Crippen LogP contribution in [-0.2, 0) is 21.9 Å². The Hall–Kier alpha value is -2.83. The second kappa shape index (κ2) is 10.3. The number of thioether (sulfide) groups is 1. The number of benzene rings is 2. The minimum Gasteiger partial charge on any atom is -0.379 e. The fourth-order valence-corrected chi connectivity index (χ4v) is 4.82. The second-order valence-electron chi connectivity index (χ2n) is 8.23. The maximum absolute atomic E-state index is 13.4. The van der Waals surface area contributed by atoms with E-state index in [1.54, 1.807) is 6.07 Å². The van der Waals surface area contributed by atoms with Gasteiger partial charge in [0.25, 0.3) is 11.1 Å². The maximum Gasteiger partial charge on any atom is 0.416 e. The number of halogens is 6. The average Bonchev–Trinajstić information content (AvgIpc) is 3.16. The molecule has 2 saturated heterocycles. The smallest absolute Gasteiger partial charge is 0.379 e. The first-order valence-electron chi connectivity index (χ1n) is 10.9. The zero-order chi connectivity index (χ0) is 26.1. The number of carbonyl (C=O) groups excluding carboxylic acids is 2. The molecule has 192 valence electrons. The summed E-state index contributed by atoms with van der Waals surface area (Å²) in [4.78, 5) is 26.5. The molecular formula is C24H20F6N2O3S. The molecule has 1 N–H and O–H groups in total. The lowest BCUT2D eigenvalue weighted by atomic mass is 9.94. The van der Waals surface area contributed by atoms with Crippen molar-refractivity contribution in [2.75, 3.05) is 32.8 Å². The van der Waals surface area contributed by atoms with E-state index in [1.165, 1.54) is 18.2 Å². The zero-order valence-corrected chi connectivity index (χ0v) is 19.4. The van der Waals surface area contributed by atoms with Gasteiger partial charge >= 0.3 is 12.4 Å². The highest BCUT2D eigenvalue weighted by atomic mass is 32.2. The van der Waals surface area contributed by atoms with Crippen LogP contribution >= 0.6 is 11.8 Å². The van der Waals surface area contributed by atoms with E-state index in [0.717, 1.165) is 0 Å². The molecule has 0 aliphatic carbocycles. The van der Waals surface area contributed by atoms with Crippen LogP contribution in [0.5, 0.6) is 0 Å². The molecule has 2 amide bonds. The first-order valence-corrected chi connectivity index (χ1v) is 11.7. The number of rotatable bonds is 5. The van der Waals surface area contributed by atoms with Gasteiger partial charge in [0.15, 0.2) is 0 Å². The monoisotopic (exact) mass is 530 g/mol. The number of amides is 2. The van der Waals surface area contributed by atoms with E-state index in [9.17, 15) is 35.9 Å². The molecule has 0 unspecified atom stereocenters. The summed E-state index contributed by atoms with van der Waals surface area (Å²) < 4.78 is 85.4. The van der Waals surface area contributed by atoms with Crippen molar-refractivity contribution in [2.45, 2.75) is 18.8 Å². The standard InChI is InChI=1S/C24H20F6N2O3S/c25-23(26,27)17-11-16(12-18(13-17)24(28,29)30)14-2-1-3-15(10-14)19(20-21(33)31-22(34)36-20)4-5-32-6-8-35-9-7-32/h1-3,10-13H,4-9H2,(H,31,33,34)/b20-19-. The van der Waals surface area contributed by atoms with Gasteiger partial charge in [0, 0.05) is 19.6 Å². The minimum absolute atomic E-state index is 0.0776. The molecule has 0 radical (unpaired) electrons. The number of imide groups is 1. The lowest BCUT2D eigenvalue weighted by Gasteiger charge is -2.27. The van der Waals surface area contributed by atoms with Gasteiger partial charge in [-0.25, -0.2) is 0 Å². The highest BCUT2D eigenvalue weighted by Gasteiger charge is 2.37. The number of hydrogen-bond acceptors (Lipinski definition) is 5. The molecule has 0 bridgehead atoms. The van der Waals surface area contributed by atoms with Crippen LogP contribution in [-0.4, -0.2) is 48.9 Å². The number of hydrogen-bond donors (Lipinski definition) is 1. The van der Waals surface area contributed by atoms with E-state index < -0.39 is 34.6 Å². The Balaban J connectivity index is 1.76. The molecule has 2 aliphatic rings. The van der Waals surface area contributed by atoms with E-state index in [0.29, 0.717) is 74.3 Å². The highest BCUT2D eigenvalue weighted by Crippen LogP contribution is 2.40. The van der Waals surface area contributed by atoms with Crippen LogP contribution in [0.15, 0.2) is 47.4 Å².